The van der Waals surface area contributed by atoms with E-state index in [0.29, 0.717) is 18.4 Å². The molecule has 26 heavy (non-hydrogen) atoms. The molecule has 144 valence electrons. The highest BCUT2D eigenvalue weighted by Gasteiger charge is 2.19. The van der Waals surface area contributed by atoms with Gasteiger partial charge in [0.25, 0.3) is 0 Å². The maximum absolute atomic E-state index is 6.07. The molecule has 0 aliphatic carbocycles. The molecular weight excluding hydrogens is 463 g/mol. The third-order valence-corrected chi connectivity index (χ3v) is 3.95. The topological polar surface area (TPSA) is 62.5 Å². The fourth-order valence-electron chi connectivity index (χ4n) is 2.26. The first-order valence-electron chi connectivity index (χ1n) is 8.55. The van der Waals surface area contributed by atoms with Gasteiger partial charge in [0, 0.05) is 17.0 Å². The summed E-state index contributed by atoms with van der Waals surface area (Å²) in [7, 11) is 0. The van der Waals surface area contributed by atoms with Gasteiger partial charge >= 0.3 is 0 Å². The SMILES string of the molecule is CCNC(=NCc1ncc(C(C)(C)C)o1)NC(C)c1cccc(Cl)c1.I. The van der Waals surface area contributed by atoms with E-state index in [-0.39, 0.29) is 35.4 Å². The predicted octanol–water partition coefficient (Wildman–Crippen LogP) is 5.06. The van der Waals surface area contributed by atoms with E-state index in [1.807, 2.05) is 31.2 Å². The monoisotopic (exact) mass is 490 g/mol. The molecule has 0 radical (unpaired) electrons. The van der Waals surface area contributed by atoms with Gasteiger partial charge in [-0.05, 0) is 31.5 Å². The van der Waals surface area contributed by atoms with Crippen LogP contribution in [0, 0.1) is 0 Å². The molecule has 0 saturated carbocycles. The van der Waals surface area contributed by atoms with Gasteiger partial charge in [-0.25, -0.2) is 9.98 Å². The van der Waals surface area contributed by atoms with Crippen molar-refractivity contribution in [2.75, 3.05) is 6.54 Å². The normalized spacial score (nSPS) is 13.1. The second kappa shape index (κ2) is 10.2. The summed E-state index contributed by atoms with van der Waals surface area (Å²) in [6, 6.07) is 7.88. The second-order valence-electron chi connectivity index (χ2n) is 6.98. The van der Waals surface area contributed by atoms with Crippen molar-refractivity contribution < 1.29 is 4.42 Å². The van der Waals surface area contributed by atoms with Crippen molar-refractivity contribution in [1.29, 1.82) is 0 Å². The van der Waals surface area contributed by atoms with Gasteiger partial charge in [-0.15, -0.1) is 24.0 Å². The van der Waals surface area contributed by atoms with E-state index in [0.717, 1.165) is 22.9 Å². The van der Waals surface area contributed by atoms with Gasteiger partial charge in [0.15, 0.2) is 5.96 Å². The minimum absolute atomic E-state index is 0. The van der Waals surface area contributed by atoms with Crippen LogP contribution in [0.2, 0.25) is 5.02 Å². The third kappa shape index (κ3) is 6.79. The van der Waals surface area contributed by atoms with Gasteiger partial charge in [0.2, 0.25) is 5.89 Å². The Morgan fingerprint density at radius 1 is 1.35 bits per heavy atom. The van der Waals surface area contributed by atoms with Crippen molar-refractivity contribution in [3.05, 3.63) is 52.7 Å². The first kappa shape index (κ1) is 22.8. The zero-order chi connectivity index (χ0) is 18.4. The van der Waals surface area contributed by atoms with Crippen LogP contribution >= 0.6 is 35.6 Å². The van der Waals surface area contributed by atoms with E-state index in [1.54, 1.807) is 6.20 Å². The number of oxazole rings is 1. The van der Waals surface area contributed by atoms with Crippen molar-refractivity contribution in [2.24, 2.45) is 4.99 Å². The summed E-state index contributed by atoms with van der Waals surface area (Å²) in [5.74, 6) is 2.19. The summed E-state index contributed by atoms with van der Waals surface area (Å²) in [5.41, 5.74) is 1.04. The lowest BCUT2D eigenvalue weighted by atomic mass is 9.94. The van der Waals surface area contributed by atoms with Gasteiger partial charge < -0.3 is 15.1 Å². The molecule has 2 rings (SSSR count). The number of nitrogens with one attached hydrogen (secondary N) is 2. The quantitative estimate of drug-likeness (QED) is 0.349. The lowest BCUT2D eigenvalue weighted by molar-refractivity contribution is 0.383. The molecule has 0 bridgehead atoms. The number of nitrogens with zero attached hydrogens (tertiary/aromatic N) is 2. The molecule has 0 aliphatic rings. The molecule has 1 aromatic heterocycles. The third-order valence-electron chi connectivity index (χ3n) is 3.71. The molecule has 1 heterocycles. The summed E-state index contributed by atoms with van der Waals surface area (Å²) in [4.78, 5) is 8.89. The zero-order valence-electron chi connectivity index (χ0n) is 16.0. The van der Waals surface area contributed by atoms with Gasteiger partial charge in [-0.2, -0.15) is 0 Å². The van der Waals surface area contributed by atoms with Crippen molar-refractivity contribution >= 4 is 41.5 Å². The van der Waals surface area contributed by atoms with Crippen molar-refractivity contribution in [1.82, 2.24) is 15.6 Å². The minimum atomic E-state index is -0.0567. The van der Waals surface area contributed by atoms with Crippen LogP contribution in [-0.4, -0.2) is 17.5 Å². The molecule has 0 aliphatic heterocycles. The van der Waals surface area contributed by atoms with Crippen molar-refractivity contribution in [3.8, 4) is 0 Å². The maximum atomic E-state index is 6.07. The Morgan fingerprint density at radius 2 is 2.08 bits per heavy atom. The van der Waals surface area contributed by atoms with Gasteiger partial charge in [-0.1, -0.05) is 44.5 Å². The Bertz CT molecular complexity index is 724. The summed E-state index contributed by atoms with van der Waals surface area (Å²) >= 11 is 6.07. The molecule has 5 nitrogen and oxygen atoms in total. The highest BCUT2D eigenvalue weighted by atomic mass is 127. The Labute approximate surface area is 178 Å². The summed E-state index contributed by atoms with van der Waals surface area (Å²) in [6.07, 6.45) is 1.78. The molecule has 0 amide bonds. The Balaban J connectivity index is 0.00000338. The van der Waals surface area contributed by atoms with Crippen molar-refractivity contribution in [2.45, 2.75) is 52.6 Å². The molecule has 1 unspecified atom stereocenters. The smallest absolute Gasteiger partial charge is 0.216 e. The molecular formula is C19H28ClIN4O. The number of rotatable bonds is 5. The van der Waals surface area contributed by atoms with E-state index >= 15 is 0 Å². The highest BCUT2D eigenvalue weighted by Crippen LogP contribution is 2.23. The predicted molar refractivity (Wildman–Crippen MR) is 118 cm³/mol. The summed E-state index contributed by atoms with van der Waals surface area (Å²) < 4.78 is 5.79. The van der Waals surface area contributed by atoms with Crippen LogP contribution < -0.4 is 10.6 Å². The second-order valence-corrected chi connectivity index (χ2v) is 7.42. The molecule has 1 atom stereocenters. The van der Waals surface area contributed by atoms with Crippen LogP contribution in [0.15, 0.2) is 39.9 Å². The summed E-state index contributed by atoms with van der Waals surface area (Å²) in [6.45, 7) is 11.5. The van der Waals surface area contributed by atoms with Crippen LogP contribution in [-0.2, 0) is 12.0 Å². The van der Waals surface area contributed by atoms with Crippen molar-refractivity contribution in [3.63, 3.8) is 0 Å². The zero-order valence-corrected chi connectivity index (χ0v) is 19.1. The van der Waals surface area contributed by atoms with Crippen LogP contribution in [0.3, 0.4) is 0 Å². The van der Waals surface area contributed by atoms with E-state index in [2.05, 4.69) is 48.3 Å². The van der Waals surface area contributed by atoms with E-state index in [9.17, 15) is 0 Å². The largest absolute Gasteiger partial charge is 0.443 e. The Kier molecular flexibility index (Phi) is 8.89. The maximum Gasteiger partial charge on any atom is 0.216 e. The number of aliphatic imine (C=N–C) groups is 1. The minimum Gasteiger partial charge on any atom is -0.443 e. The fourth-order valence-corrected chi connectivity index (χ4v) is 2.46. The fraction of sp³-hybridized carbons (Fsp3) is 0.474. The number of hydrogen-bond acceptors (Lipinski definition) is 3. The van der Waals surface area contributed by atoms with E-state index in [4.69, 9.17) is 16.0 Å². The van der Waals surface area contributed by atoms with E-state index in [1.165, 1.54) is 0 Å². The molecule has 0 saturated heterocycles. The van der Waals surface area contributed by atoms with Gasteiger partial charge in [0.1, 0.15) is 12.3 Å². The number of aromatic nitrogens is 1. The van der Waals surface area contributed by atoms with Crippen LogP contribution in [0.25, 0.3) is 0 Å². The number of hydrogen-bond donors (Lipinski definition) is 2. The number of guanidine groups is 1. The Morgan fingerprint density at radius 3 is 2.65 bits per heavy atom. The molecule has 0 fully saturated rings. The van der Waals surface area contributed by atoms with Gasteiger partial charge in [-0.3, -0.25) is 0 Å². The number of benzene rings is 1. The average Bonchev–Trinajstić information content (AvgIpc) is 3.02. The molecule has 1 aromatic carbocycles. The molecule has 2 aromatic rings. The Hall–Kier alpha value is -1.28. The molecule has 7 heteroatoms. The first-order chi connectivity index (χ1) is 11.8. The summed E-state index contributed by atoms with van der Waals surface area (Å²) in [5, 5.41) is 7.35. The lowest BCUT2D eigenvalue weighted by Gasteiger charge is -2.18. The average molecular weight is 491 g/mol. The standard InChI is InChI=1S/C19H27ClN4O.HI/c1-6-21-18(24-13(2)14-8-7-9-15(20)10-14)23-12-17-22-11-16(25-17)19(3,4)5;/h7-11,13H,6,12H2,1-5H3,(H2,21,23,24);1H. The van der Waals surface area contributed by atoms with E-state index < -0.39 is 0 Å². The highest BCUT2D eigenvalue weighted by molar-refractivity contribution is 14.0. The molecule has 2 N–H and O–H groups in total. The van der Waals surface area contributed by atoms with Crippen LogP contribution in [0.4, 0.5) is 0 Å². The van der Waals surface area contributed by atoms with Crippen LogP contribution in [0.1, 0.15) is 57.9 Å². The number of halogens is 2. The lowest BCUT2D eigenvalue weighted by Crippen LogP contribution is -2.38. The molecule has 0 spiro atoms. The van der Waals surface area contributed by atoms with Crippen LogP contribution in [0.5, 0.6) is 0 Å². The first-order valence-corrected chi connectivity index (χ1v) is 8.93. The van der Waals surface area contributed by atoms with Gasteiger partial charge in [0.05, 0.1) is 12.2 Å².